The second kappa shape index (κ2) is 6.23. The van der Waals surface area contributed by atoms with E-state index in [1.165, 1.54) is 12.1 Å². The highest BCUT2D eigenvalue weighted by Gasteiger charge is 2.03. The minimum Gasteiger partial charge on any atom is -0.392 e. The van der Waals surface area contributed by atoms with Crippen molar-refractivity contribution in [2.45, 2.75) is 25.9 Å². The fourth-order valence-electron chi connectivity index (χ4n) is 1.26. The van der Waals surface area contributed by atoms with E-state index in [1.807, 2.05) is 0 Å². The molecule has 2 N–H and O–H groups in total. The minimum absolute atomic E-state index is 0.106. The van der Waals surface area contributed by atoms with Gasteiger partial charge < -0.3 is 10.4 Å². The maximum atomic E-state index is 12.6. The molecule has 0 saturated heterocycles. The predicted molar refractivity (Wildman–Crippen MR) is 59.4 cm³/mol. The average molecular weight is 225 g/mol. The van der Waals surface area contributed by atoms with Gasteiger partial charge in [-0.15, -0.1) is 0 Å². The number of rotatable bonds is 5. The molecular formula is C12H16FNO2. The van der Waals surface area contributed by atoms with Crippen LogP contribution in [0.25, 0.3) is 0 Å². The first-order chi connectivity index (χ1) is 7.58. The number of carbonyl (C=O) groups excluding carboxylic acids is 1. The number of benzene rings is 1. The molecule has 1 aromatic rings. The number of nitrogens with one attached hydrogen (secondary N) is 1. The zero-order chi connectivity index (χ0) is 12.0. The van der Waals surface area contributed by atoms with E-state index in [-0.39, 0.29) is 18.3 Å². The van der Waals surface area contributed by atoms with Crippen molar-refractivity contribution in [3.63, 3.8) is 0 Å². The number of aliphatic hydroxyl groups is 1. The van der Waals surface area contributed by atoms with Crippen LogP contribution in [-0.4, -0.2) is 23.7 Å². The maximum absolute atomic E-state index is 12.6. The van der Waals surface area contributed by atoms with E-state index in [0.717, 1.165) is 5.56 Å². The van der Waals surface area contributed by atoms with Gasteiger partial charge in [-0.3, -0.25) is 4.79 Å². The van der Waals surface area contributed by atoms with Crippen LogP contribution < -0.4 is 5.32 Å². The lowest BCUT2D eigenvalue weighted by molar-refractivity contribution is -0.121. The summed E-state index contributed by atoms with van der Waals surface area (Å²) in [5, 5.41) is 11.6. The Kier molecular flexibility index (Phi) is 4.92. The van der Waals surface area contributed by atoms with Gasteiger partial charge in [-0.1, -0.05) is 12.1 Å². The third-order valence-electron chi connectivity index (χ3n) is 2.15. The van der Waals surface area contributed by atoms with E-state index in [4.69, 9.17) is 5.11 Å². The highest BCUT2D eigenvalue weighted by atomic mass is 19.1. The summed E-state index contributed by atoms with van der Waals surface area (Å²) in [6.07, 6.45) is 0.388. The molecule has 1 rings (SSSR count). The second-order valence-electron chi connectivity index (χ2n) is 3.78. The van der Waals surface area contributed by atoms with Crippen LogP contribution in [0.2, 0.25) is 0 Å². The fraction of sp³-hybridized carbons (Fsp3) is 0.417. The first-order valence-electron chi connectivity index (χ1n) is 5.27. The number of aliphatic hydroxyl groups excluding tert-OH is 1. The van der Waals surface area contributed by atoms with Crippen molar-refractivity contribution in [2.24, 2.45) is 0 Å². The van der Waals surface area contributed by atoms with Crippen molar-refractivity contribution in [1.29, 1.82) is 0 Å². The van der Waals surface area contributed by atoms with Gasteiger partial charge in [0.2, 0.25) is 5.91 Å². The van der Waals surface area contributed by atoms with E-state index < -0.39 is 6.10 Å². The molecule has 16 heavy (non-hydrogen) atoms. The molecule has 0 aliphatic carbocycles. The second-order valence-corrected chi connectivity index (χ2v) is 3.78. The highest BCUT2D eigenvalue weighted by Crippen LogP contribution is 2.05. The monoisotopic (exact) mass is 225 g/mol. The summed E-state index contributed by atoms with van der Waals surface area (Å²) < 4.78 is 12.6. The molecule has 0 saturated carbocycles. The minimum atomic E-state index is -0.533. The first-order valence-corrected chi connectivity index (χ1v) is 5.27. The zero-order valence-corrected chi connectivity index (χ0v) is 9.24. The standard InChI is InChI=1S/C12H16FNO2/c1-9(15)8-14-12(16)7-4-10-2-5-11(13)6-3-10/h2-3,5-6,9,15H,4,7-8H2,1H3,(H,14,16). The highest BCUT2D eigenvalue weighted by molar-refractivity contribution is 5.76. The quantitative estimate of drug-likeness (QED) is 0.792. The third-order valence-corrected chi connectivity index (χ3v) is 2.15. The summed E-state index contributed by atoms with van der Waals surface area (Å²) in [6.45, 7) is 1.88. The predicted octanol–water partition coefficient (Wildman–Crippen LogP) is 1.26. The summed E-state index contributed by atoms with van der Waals surface area (Å²) in [5.74, 6) is -0.382. The van der Waals surface area contributed by atoms with Crippen LogP contribution in [0.3, 0.4) is 0 Å². The van der Waals surface area contributed by atoms with E-state index in [9.17, 15) is 9.18 Å². The molecule has 1 atom stereocenters. The molecule has 1 aromatic carbocycles. The van der Waals surface area contributed by atoms with Crippen LogP contribution in [0.5, 0.6) is 0 Å². The SMILES string of the molecule is CC(O)CNC(=O)CCc1ccc(F)cc1. The van der Waals surface area contributed by atoms with Crippen LogP contribution in [-0.2, 0) is 11.2 Å². The molecule has 0 aliphatic heterocycles. The molecule has 0 heterocycles. The van der Waals surface area contributed by atoms with Gasteiger partial charge in [0.1, 0.15) is 5.82 Å². The molecule has 0 bridgehead atoms. The van der Waals surface area contributed by atoms with Gasteiger partial charge in [0.25, 0.3) is 0 Å². The van der Waals surface area contributed by atoms with Crippen LogP contribution in [0, 0.1) is 5.82 Å². The lowest BCUT2D eigenvalue weighted by Gasteiger charge is -2.06. The molecular weight excluding hydrogens is 209 g/mol. The van der Waals surface area contributed by atoms with Gasteiger partial charge in [0, 0.05) is 13.0 Å². The molecule has 88 valence electrons. The largest absolute Gasteiger partial charge is 0.392 e. The normalized spacial score (nSPS) is 12.2. The summed E-state index contributed by atoms with van der Waals surface area (Å²) in [4.78, 5) is 11.3. The topological polar surface area (TPSA) is 49.3 Å². The molecule has 0 aliphatic rings. The Labute approximate surface area is 94.3 Å². The molecule has 4 heteroatoms. The number of halogens is 1. The Morgan fingerprint density at radius 2 is 2.06 bits per heavy atom. The summed E-state index contributed by atoms with van der Waals surface area (Å²) in [6, 6.07) is 6.08. The summed E-state index contributed by atoms with van der Waals surface area (Å²) in [5.41, 5.74) is 0.925. The Balaban J connectivity index is 2.29. The van der Waals surface area contributed by atoms with Crippen molar-refractivity contribution in [1.82, 2.24) is 5.32 Å². The average Bonchev–Trinajstić information content (AvgIpc) is 2.25. The lowest BCUT2D eigenvalue weighted by Crippen LogP contribution is -2.30. The first kappa shape index (κ1) is 12.6. The molecule has 3 nitrogen and oxygen atoms in total. The van der Waals surface area contributed by atoms with Crippen molar-refractivity contribution in [3.05, 3.63) is 35.6 Å². The number of amides is 1. The van der Waals surface area contributed by atoms with Gasteiger partial charge in [-0.2, -0.15) is 0 Å². The Morgan fingerprint density at radius 3 is 2.62 bits per heavy atom. The van der Waals surface area contributed by atoms with Crippen molar-refractivity contribution in [2.75, 3.05) is 6.54 Å². The van der Waals surface area contributed by atoms with E-state index in [1.54, 1.807) is 19.1 Å². The van der Waals surface area contributed by atoms with Gasteiger partial charge in [0.15, 0.2) is 0 Å². The van der Waals surface area contributed by atoms with Crippen LogP contribution in [0.4, 0.5) is 4.39 Å². The Morgan fingerprint density at radius 1 is 1.44 bits per heavy atom. The molecule has 0 fully saturated rings. The van der Waals surface area contributed by atoms with Crippen LogP contribution in [0.1, 0.15) is 18.9 Å². The smallest absolute Gasteiger partial charge is 0.220 e. The summed E-state index contributed by atoms with van der Waals surface area (Å²) >= 11 is 0. The van der Waals surface area contributed by atoms with E-state index >= 15 is 0 Å². The van der Waals surface area contributed by atoms with Crippen LogP contribution in [0.15, 0.2) is 24.3 Å². The number of aryl methyl sites for hydroxylation is 1. The number of carbonyl (C=O) groups is 1. The lowest BCUT2D eigenvalue weighted by atomic mass is 10.1. The Bertz CT molecular complexity index is 335. The van der Waals surface area contributed by atoms with Crippen LogP contribution >= 0.6 is 0 Å². The third kappa shape index (κ3) is 4.89. The number of hydrogen-bond donors (Lipinski definition) is 2. The van der Waals surface area contributed by atoms with E-state index in [0.29, 0.717) is 12.8 Å². The zero-order valence-electron chi connectivity index (χ0n) is 9.24. The van der Waals surface area contributed by atoms with Crippen molar-refractivity contribution in [3.8, 4) is 0 Å². The maximum Gasteiger partial charge on any atom is 0.220 e. The molecule has 1 amide bonds. The van der Waals surface area contributed by atoms with E-state index in [2.05, 4.69) is 5.32 Å². The summed E-state index contributed by atoms with van der Waals surface area (Å²) in [7, 11) is 0. The van der Waals surface area contributed by atoms with Gasteiger partial charge in [0.05, 0.1) is 6.10 Å². The fourth-order valence-corrected chi connectivity index (χ4v) is 1.26. The van der Waals surface area contributed by atoms with Crippen molar-refractivity contribution < 1.29 is 14.3 Å². The molecule has 0 radical (unpaired) electrons. The van der Waals surface area contributed by atoms with Gasteiger partial charge in [-0.25, -0.2) is 4.39 Å². The molecule has 0 spiro atoms. The molecule has 0 aromatic heterocycles. The van der Waals surface area contributed by atoms with Gasteiger partial charge in [-0.05, 0) is 31.0 Å². The van der Waals surface area contributed by atoms with Crippen molar-refractivity contribution >= 4 is 5.91 Å². The number of hydrogen-bond acceptors (Lipinski definition) is 2. The Hall–Kier alpha value is -1.42. The van der Waals surface area contributed by atoms with Gasteiger partial charge >= 0.3 is 0 Å². The molecule has 1 unspecified atom stereocenters.